The first-order valence-corrected chi connectivity index (χ1v) is 8.71. The van der Waals surface area contributed by atoms with Gasteiger partial charge in [-0.15, -0.1) is 0 Å². The smallest absolute Gasteiger partial charge is 0.191 e. The van der Waals surface area contributed by atoms with E-state index in [1.54, 1.807) is 25.3 Å². The molecule has 0 aliphatic heterocycles. The lowest BCUT2D eigenvalue weighted by molar-refractivity contribution is 0.186. The molecule has 0 bridgehead atoms. The molecule has 0 amide bonds. The van der Waals surface area contributed by atoms with E-state index in [1.165, 1.54) is 12.1 Å². The van der Waals surface area contributed by atoms with Crippen LogP contribution in [0.2, 0.25) is 0 Å². The third-order valence-electron chi connectivity index (χ3n) is 3.86. The maximum atomic E-state index is 12.9. The first-order valence-electron chi connectivity index (χ1n) is 8.71. The van der Waals surface area contributed by atoms with Crippen LogP contribution in [0, 0.1) is 5.82 Å². The maximum Gasteiger partial charge on any atom is 0.191 e. The second-order valence-corrected chi connectivity index (χ2v) is 5.82. The highest BCUT2D eigenvalue weighted by molar-refractivity contribution is 5.79. The third kappa shape index (κ3) is 6.37. The Bertz CT molecular complexity index is 704. The van der Waals surface area contributed by atoms with E-state index < -0.39 is 6.10 Å². The van der Waals surface area contributed by atoms with Crippen molar-refractivity contribution in [2.24, 2.45) is 4.99 Å². The fourth-order valence-corrected chi connectivity index (χ4v) is 2.45. The van der Waals surface area contributed by atoms with E-state index in [1.807, 2.05) is 25.1 Å². The Morgan fingerprint density at radius 2 is 1.96 bits per heavy atom. The number of aliphatic hydroxyl groups excluding tert-OH is 1. The van der Waals surface area contributed by atoms with Crippen molar-refractivity contribution < 1.29 is 14.2 Å². The van der Waals surface area contributed by atoms with E-state index in [2.05, 4.69) is 15.6 Å². The lowest BCUT2D eigenvalue weighted by Gasteiger charge is -2.14. The normalized spacial score (nSPS) is 12.5. The van der Waals surface area contributed by atoms with Crippen LogP contribution < -0.4 is 15.4 Å². The van der Waals surface area contributed by atoms with Crippen LogP contribution in [0.25, 0.3) is 0 Å². The van der Waals surface area contributed by atoms with Crippen LogP contribution in [-0.2, 0) is 6.42 Å². The summed E-state index contributed by atoms with van der Waals surface area (Å²) in [5.41, 5.74) is 1.81. The van der Waals surface area contributed by atoms with Crippen molar-refractivity contribution in [3.63, 3.8) is 0 Å². The van der Waals surface area contributed by atoms with Crippen molar-refractivity contribution in [3.05, 3.63) is 65.5 Å². The van der Waals surface area contributed by atoms with Gasteiger partial charge in [-0.25, -0.2) is 4.39 Å². The Kier molecular flexibility index (Phi) is 7.89. The molecule has 0 radical (unpaired) electrons. The predicted octanol–water partition coefficient (Wildman–Crippen LogP) is 2.67. The van der Waals surface area contributed by atoms with E-state index in [-0.39, 0.29) is 12.4 Å². The number of hydrogen-bond acceptors (Lipinski definition) is 3. The second kappa shape index (κ2) is 10.4. The molecule has 1 atom stereocenters. The summed E-state index contributed by atoms with van der Waals surface area (Å²) in [5.74, 6) is 1.11. The fraction of sp³-hybridized carbons (Fsp3) is 0.350. The molecule has 0 fully saturated rings. The molecule has 0 aromatic heterocycles. The zero-order chi connectivity index (χ0) is 18.8. The van der Waals surface area contributed by atoms with Crippen LogP contribution in [0.3, 0.4) is 0 Å². The summed E-state index contributed by atoms with van der Waals surface area (Å²) in [5, 5.41) is 16.7. The molecule has 0 saturated carbocycles. The molecule has 140 valence electrons. The summed E-state index contributed by atoms with van der Waals surface area (Å²) in [6.07, 6.45) is 0.0426. The van der Waals surface area contributed by atoms with Crippen LogP contribution in [0.5, 0.6) is 5.75 Å². The van der Waals surface area contributed by atoms with Crippen molar-refractivity contribution in [1.82, 2.24) is 10.6 Å². The number of ether oxygens (including phenoxy) is 1. The van der Waals surface area contributed by atoms with E-state index in [4.69, 9.17) is 4.74 Å². The predicted molar refractivity (Wildman–Crippen MR) is 102 cm³/mol. The minimum Gasteiger partial charge on any atom is -0.497 e. The zero-order valence-electron chi connectivity index (χ0n) is 15.2. The Morgan fingerprint density at radius 1 is 1.19 bits per heavy atom. The molecule has 26 heavy (non-hydrogen) atoms. The van der Waals surface area contributed by atoms with Crippen LogP contribution >= 0.6 is 0 Å². The van der Waals surface area contributed by atoms with Crippen molar-refractivity contribution in [2.45, 2.75) is 19.4 Å². The van der Waals surface area contributed by atoms with Crippen LogP contribution in [0.4, 0.5) is 4.39 Å². The molecule has 2 aromatic carbocycles. The number of methoxy groups -OCH3 is 1. The van der Waals surface area contributed by atoms with Gasteiger partial charge in [0.1, 0.15) is 11.6 Å². The highest BCUT2D eigenvalue weighted by Gasteiger charge is 2.08. The summed E-state index contributed by atoms with van der Waals surface area (Å²) >= 11 is 0. The van der Waals surface area contributed by atoms with Crippen LogP contribution in [0.15, 0.2) is 53.5 Å². The molecule has 0 heterocycles. The van der Waals surface area contributed by atoms with E-state index >= 15 is 0 Å². The van der Waals surface area contributed by atoms with Crippen molar-refractivity contribution in [3.8, 4) is 5.75 Å². The number of nitrogens with one attached hydrogen (secondary N) is 2. The van der Waals surface area contributed by atoms with Crippen molar-refractivity contribution in [2.75, 3.05) is 26.7 Å². The summed E-state index contributed by atoms with van der Waals surface area (Å²) in [6, 6.07) is 13.8. The van der Waals surface area contributed by atoms with Crippen molar-refractivity contribution in [1.29, 1.82) is 0 Å². The number of halogens is 1. The van der Waals surface area contributed by atoms with E-state index in [9.17, 15) is 9.50 Å². The minimum atomic E-state index is -0.711. The molecular weight excluding hydrogens is 333 g/mol. The van der Waals surface area contributed by atoms with Crippen molar-refractivity contribution >= 4 is 5.96 Å². The topological polar surface area (TPSA) is 65.9 Å². The molecule has 0 saturated heterocycles. The standard InChI is InChI=1S/C20H26FN3O2/c1-3-22-20(23-12-11-15-7-9-17(21)10-8-15)24-14-19(25)16-5-4-6-18(13-16)26-2/h4-10,13,19,25H,3,11-12,14H2,1-2H3,(H2,22,23,24). The summed E-state index contributed by atoms with van der Waals surface area (Å²) in [4.78, 5) is 4.43. The monoisotopic (exact) mass is 359 g/mol. The summed E-state index contributed by atoms with van der Waals surface area (Å²) in [6.45, 7) is 3.60. The Morgan fingerprint density at radius 3 is 2.65 bits per heavy atom. The number of guanidine groups is 1. The van der Waals surface area contributed by atoms with Gasteiger partial charge in [-0.05, 0) is 48.7 Å². The minimum absolute atomic E-state index is 0.233. The molecule has 1 unspecified atom stereocenters. The molecule has 5 nitrogen and oxygen atoms in total. The zero-order valence-corrected chi connectivity index (χ0v) is 15.2. The SMILES string of the molecule is CCNC(=NCC(O)c1cccc(OC)c1)NCCc1ccc(F)cc1. The molecule has 2 rings (SSSR count). The van der Waals surface area contributed by atoms with Gasteiger partial charge in [-0.1, -0.05) is 24.3 Å². The highest BCUT2D eigenvalue weighted by Crippen LogP contribution is 2.19. The fourth-order valence-electron chi connectivity index (χ4n) is 2.45. The van der Waals surface area contributed by atoms with Gasteiger partial charge in [-0.2, -0.15) is 0 Å². The molecule has 0 spiro atoms. The first kappa shape index (κ1) is 19.7. The average Bonchev–Trinajstić information content (AvgIpc) is 2.67. The van der Waals surface area contributed by atoms with Crippen LogP contribution in [-0.4, -0.2) is 37.8 Å². The lowest BCUT2D eigenvalue weighted by atomic mass is 10.1. The quantitative estimate of drug-likeness (QED) is 0.501. The Balaban J connectivity index is 1.89. The summed E-state index contributed by atoms with van der Waals surface area (Å²) < 4.78 is 18.1. The second-order valence-electron chi connectivity index (χ2n) is 5.82. The van der Waals surface area contributed by atoms with Gasteiger partial charge < -0.3 is 20.5 Å². The van der Waals surface area contributed by atoms with Gasteiger partial charge >= 0.3 is 0 Å². The molecule has 2 aromatic rings. The molecule has 0 aliphatic rings. The van der Waals surface area contributed by atoms with Crippen LogP contribution in [0.1, 0.15) is 24.2 Å². The molecule has 6 heteroatoms. The summed E-state index contributed by atoms with van der Waals surface area (Å²) in [7, 11) is 1.60. The Hall–Kier alpha value is -2.60. The van der Waals surface area contributed by atoms with E-state index in [0.29, 0.717) is 18.3 Å². The molecular formula is C20H26FN3O2. The first-order chi connectivity index (χ1) is 12.6. The number of hydrogen-bond donors (Lipinski definition) is 3. The van der Waals surface area contributed by atoms with Gasteiger partial charge in [0.15, 0.2) is 5.96 Å². The van der Waals surface area contributed by atoms with E-state index in [0.717, 1.165) is 24.1 Å². The highest BCUT2D eigenvalue weighted by atomic mass is 19.1. The Labute approximate surface area is 153 Å². The maximum absolute atomic E-state index is 12.9. The molecule has 3 N–H and O–H groups in total. The number of aliphatic imine (C=N–C) groups is 1. The number of rotatable bonds is 8. The van der Waals surface area contributed by atoms with Gasteiger partial charge in [0, 0.05) is 13.1 Å². The number of nitrogens with zero attached hydrogens (tertiary/aromatic N) is 1. The number of benzene rings is 2. The van der Waals surface area contributed by atoms with Gasteiger partial charge in [0.25, 0.3) is 0 Å². The van der Waals surface area contributed by atoms with Gasteiger partial charge in [0.2, 0.25) is 0 Å². The van der Waals surface area contributed by atoms with Gasteiger partial charge in [0.05, 0.1) is 19.8 Å². The van der Waals surface area contributed by atoms with Gasteiger partial charge in [-0.3, -0.25) is 4.99 Å². The average molecular weight is 359 g/mol. The third-order valence-corrected chi connectivity index (χ3v) is 3.86. The number of aliphatic hydroxyl groups is 1. The largest absolute Gasteiger partial charge is 0.497 e. The lowest BCUT2D eigenvalue weighted by Crippen LogP contribution is -2.38. The molecule has 0 aliphatic carbocycles.